The molecule has 1 aromatic heterocycles. The summed E-state index contributed by atoms with van der Waals surface area (Å²) in [5.74, 6) is -0.605. The minimum Gasteiger partial charge on any atom is -0.497 e. The molecule has 0 bridgehead atoms. The third kappa shape index (κ3) is 3.69. The zero-order valence-electron chi connectivity index (χ0n) is 15.7. The molecule has 0 saturated carbocycles. The van der Waals surface area contributed by atoms with Gasteiger partial charge in [-0.15, -0.1) is 0 Å². The fraction of sp³-hybridized carbons (Fsp3) is 0.450. The molecule has 0 amide bonds. The molecule has 6 nitrogen and oxygen atoms in total. The zero-order valence-corrected chi connectivity index (χ0v) is 15.7. The van der Waals surface area contributed by atoms with E-state index in [2.05, 4.69) is 15.0 Å². The first-order valence-corrected chi connectivity index (χ1v) is 9.45. The number of aromatic amines is 1. The molecule has 0 radical (unpaired) electrons. The van der Waals surface area contributed by atoms with Crippen molar-refractivity contribution in [3.05, 3.63) is 56.8 Å². The topological polar surface area (TPSA) is 70.6 Å². The Hall–Kier alpha value is -2.61. The molecular formula is C20H22F2N4O2. The molecule has 0 fully saturated rings. The second-order valence-electron chi connectivity index (χ2n) is 7.16. The molecule has 28 heavy (non-hydrogen) atoms. The number of ether oxygens (including phenoxy) is 1. The molecule has 1 N–H and O–H groups in total. The molecule has 148 valence electrons. The maximum atomic E-state index is 14.2. The average molecular weight is 388 g/mol. The number of benzene rings is 1. The van der Waals surface area contributed by atoms with Crippen molar-refractivity contribution in [2.24, 2.45) is 4.99 Å². The Balaban J connectivity index is 1.56. The zero-order chi connectivity index (χ0) is 19.7. The number of H-pyrrole nitrogens is 1. The molecule has 3 heterocycles. The molecule has 0 spiro atoms. The molecule has 2 aromatic rings. The van der Waals surface area contributed by atoms with Crippen LogP contribution in [0.2, 0.25) is 0 Å². The summed E-state index contributed by atoms with van der Waals surface area (Å²) in [7, 11) is 1.36. The molecule has 0 aliphatic carbocycles. The third-order valence-corrected chi connectivity index (χ3v) is 5.28. The predicted molar refractivity (Wildman–Crippen MR) is 101 cm³/mol. The van der Waals surface area contributed by atoms with Gasteiger partial charge >= 0.3 is 0 Å². The van der Waals surface area contributed by atoms with Gasteiger partial charge in [-0.3, -0.25) is 14.7 Å². The summed E-state index contributed by atoms with van der Waals surface area (Å²) in [5, 5.41) is 0. The first-order valence-electron chi connectivity index (χ1n) is 9.45. The van der Waals surface area contributed by atoms with E-state index in [1.54, 1.807) is 0 Å². The molecule has 0 unspecified atom stereocenters. The SMILES string of the molecule is COc1cc(F)c(CN2CCc3nc(C4=NCCCC4)[nH]c(=O)c3C2)c(F)c1. The summed E-state index contributed by atoms with van der Waals surface area (Å²) in [5.41, 5.74) is 1.94. The van der Waals surface area contributed by atoms with Gasteiger partial charge in [-0.1, -0.05) is 0 Å². The van der Waals surface area contributed by atoms with Crippen molar-refractivity contribution in [2.45, 2.75) is 38.8 Å². The van der Waals surface area contributed by atoms with E-state index >= 15 is 0 Å². The minimum atomic E-state index is -0.652. The largest absolute Gasteiger partial charge is 0.497 e. The second kappa shape index (κ2) is 7.79. The Labute approximate surface area is 161 Å². The smallest absolute Gasteiger partial charge is 0.255 e. The van der Waals surface area contributed by atoms with Crippen LogP contribution in [0.5, 0.6) is 5.75 Å². The van der Waals surface area contributed by atoms with E-state index in [1.165, 1.54) is 19.2 Å². The first kappa shape index (κ1) is 18.7. The molecule has 8 heteroatoms. The molecule has 1 aromatic carbocycles. The average Bonchev–Trinajstić information content (AvgIpc) is 2.71. The van der Waals surface area contributed by atoms with Crippen molar-refractivity contribution in [1.82, 2.24) is 14.9 Å². The van der Waals surface area contributed by atoms with Gasteiger partial charge in [0.15, 0.2) is 5.82 Å². The number of fused-ring (bicyclic) bond motifs is 1. The Morgan fingerprint density at radius 2 is 2.00 bits per heavy atom. The first-order chi connectivity index (χ1) is 13.5. The number of hydrogen-bond donors (Lipinski definition) is 1. The lowest BCUT2D eigenvalue weighted by atomic mass is 10.0. The molecule has 2 aliphatic rings. The number of methoxy groups -OCH3 is 1. The van der Waals surface area contributed by atoms with Gasteiger partial charge in [0.25, 0.3) is 5.56 Å². The van der Waals surface area contributed by atoms with Crippen LogP contribution in [0.4, 0.5) is 8.78 Å². The minimum absolute atomic E-state index is 0.0261. The van der Waals surface area contributed by atoms with E-state index in [0.29, 0.717) is 30.9 Å². The van der Waals surface area contributed by atoms with Gasteiger partial charge in [-0.25, -0.2) is 13.8 Å². The van der Waals surface area contributed by atoms with E-state index < -0.39 is 11.6 Å². The van der Waals surface area contributed by atoms with Crippen molar-refractivity contribution in [3.8, 4) is 5.75 Å². The quantitative estimate of drug-likeness (QED) is 0.874. The number of rotatable bonds is 4. The van der Waals surface area contributed by atoms with Gasteiger partial charge in [-0.05, 0) is 19.3 Å². The number of nitrogens with one attached hydrogen (secondary N) is 1. The van der Waals surface area contributed by atoms with Crippen molar-refractivity contribution in [3.63, 3.8) is 0 Å². The van der Waals surface area contributed by atoms with E-state index in [1.807, 2.05) is 4.90 Å². The lowest BCUT2D eigenvalue weighted by Crippen LogP contribution is -2.36. The summed E-state index contributed by atoms with van der Waals surface area (Å²) in [6, 6.07) is 2.34. The molecule has 2 aliphatic heterocycles. The Kier molecular flexibility index (Phi) is 5.21. The highest BCUT2D eigenvalue weighted by atomic mass is 19.1. The van der Waals surface area contributed by atoms with Crippen LogP contribution < -0.4 is 10.3 Å². The lowest BCUT2D eigenvalue weighted by molar-refractivity contribution is 0.234. The normalized spacial score (nSPS) is 17.2. The highest BCUT2D eigenvalue weighted by Gasteiger charge is 2.24. The summed E-state index contributed by atoms with van der Waals surface area (Å²) < 4.78 is 33.4. The summed E-state index contributed by atoms with van der Waals surface area (Å²) in [6.07, 6.45) is 3.49. The van der Waals surface area contributed by atoms with E-state index in [9.17, 15) is 13.6 Å². The monoisotopic (exact) mass is 388 g/mol. The fourth-order valence-corrected chi connectivity index (χ4v) is 3.72. The van der Waals surface area contributed by atoms with E-state index in [-0.39, 0.29) is 23.4 Å². The molecule has 0 atom stereocenters. The van der Waals surface area contributed by atoms with Gasteiger partial charge in [-0.2, -0.15) is 0 Å². The van der Waals surface area contributed by atoms with Gasteiger partial charge in [0.1, 0.15) is 17.4 Å². The maximum absolute atomic E-state index is 14.2. The van der Waals surface area contributed by atoms with E-state index in [4.69, 9.17) is 4.74 Å². The van der Waals surface area contributed by atoms with Crippen LogP contribution in [0.3, 0.4) is 0 Å². The van der Waals surface area contributed by atoms with Crippen LogP contribution in [0.25, 0.3) is 0 Å². The lowest BCUT2D eigenvalue weighted by Gasteiger charge is -2.28. The van der Waals surface area contributed by atoms with Crippen LogP contribution in [0, 0.1) is 11.6 Å². The Bertz CT molecular complexity index is 964. The summed E-state index contributed by atoms with van der Waals surface area (Å²) >= 11 is 0. The van der Waals surface area contributed by atoms with Crippen molar-refractivity contribution >= 4 is 5.71 Å². The van der Waals surface area contributed by atoms with Crippen LogP contribution in [0.15, 0.2) is 21.9 Å². The van der Waals surface area contributed by atoms with Crippen molar-refractivity contribution in [1.29, 1.82) is 0 Å². The van der Waals surface area contributed by atoms with E-state index in [0.717, 1.165) is 37.2 Å². The van der Waals surface area contributed by atoms with Crippen molar-refractivity contribution in [2.75, 3.05) is 20.2 Å². The summed E-state index contributed by atoms with van der Waals surface area (Å²) in [6.45, 7) is 1.72. The van der Waals surface area contributed by atoms with Crippen LogP contribution >= 0.6 is 0 Å². The van der Waals surface area contributed by atoms with Gasteiger partial charge in [0.2, 0.25) is 0 Å². The predicted octanol–water partition coefficient (Wildman–Crippen LogP) is 2.59. The standard InChI is InChI=1S/C20H22F2N4O2/c1-28-12-8-15(21)13(16(22)9-12)10-26-7-5-17-14(11-26)20(27)25-19(24-17)18-4-2-3-6-23-18/h8-9H,2-7,10-11H2,1H3,(H,24,25,27). The van der Waals surface area contributed by atoms with Gasteiger partial charge < -0.3 is 9.72 Å². The molecule has 4 rings (SSSR count). The van der Waals surface area contributed by atoms with Crippen LogP contribution in [-0.4, -0.2) is 40.8 Å². The highest BCUT2D eigenvalue weighted by molar-refractivity contribution is 5.97. The number of halogens is 2. The number of nitrogens with zero attached hydrogens (tertiary/aromatic N) is 3. The maximum Gasteiger partial charge on any atom is 0.255 e. The van der Waals surface area contributed by atoms with Gasteiger partial charge in [0.05, 0.1) is 24.1 Å². The fourth-order valence-electron chi connectivity index (χ4n) is 3.72. The number of hydrogen-bond acceptors (Lipinski definition) is 5. The van der Waals surface area contributed by atoms with Crippen LogP contribution in [0.1, 0.15) is 41.9 Å². The summed E-state index contributed by atoms with van der Waals surface area (Å²) in [4.78, 5) is 26.4. The van der Waals surface area contributed by atoms with Crippen LogP contribution in [-0.2, 0) is 19.5 Å². The molecular weight excluding hydrogens is 366 g/mol. The molecule has 0 saturated heterocycles. The third-order valence-electron chi connectivity index (χ3n) is 5.28. The number of aliphatic imine (C=N–C) groups is 1. The van der Waals surface area contributed by atoms with Crippen molar-refractivity contribution < 1.29 is 13.5 Å². The van der Waals surface area contributed by atoms with Gasteiger partial charge in [0, 0.05) is 50.3 Å². The second-order valence-corrected chi connectivity index (χ2v) is 7.16. The highest BCUT2D eigenvalue weighted by Crippen LogP contribution is 2.24. The Morgan fingerprint density at radius 1 is 1.21 bits per heavy atom. The number of aromatic nitrogens is 2. The Morgan fingerprint density at radius 3 is 2.68 bits per heavy atom.